The summed E-state index contributed by atoms with van der Waals surface area (Å²) in [5.41, 5.74) is 1.01. The lowest BCUT2D eigenvalue weighted by atomic mass is 10.2. The van der Waals surface area contributed by atoms with Crippen molar-refractivity contribution in [3.63, 3.8) is 0 Å². The van der Waals surface area contributed by atoms with Gasteiger partial charge in [-0.25, -0.2) is 0 Å². The molecule has 3 rings (SSSR count). The zero-order valence-electron chi connectivity index (χ0n) is 12.4. The van der Waals surface area contributed by atoms with Crippen molar-refractivity contribution in [2.24, 2.45) is 4.40 Å². The molecule has 2 N–H and O–H groups in total. The molecule has 2 aromatic rings. The van der Waals surface area contributed by atoms with Crippen molar-refractivity contribution in [1.29, 1.82) is 5.26 Å². The highest BCUT2D eigenvalue weighted by molar-refractivity contribution is 7.90. The van der Waals surface area contributed by atoms with Crippen LogP contribution in [0.5, 0.6) is 5.75 Å². The largest absolute Gasteiger partial charge is 0.494 e. The normalized spacial score (nSPS) is 14.6. The molecule has 0 bridgehead atoms. The van der Waals surface area contributed by atoms with Crippen molar-refractivity contribution >= 4 is 39.0 Å². The van der Waals surface area contributed by atoms with Crippen LogP contribution in [0.15, 0.2) is 45.7 Å². The van der Waals surface area contributed by atoms with Gasteiger partial charge in [0.05, 0.1) is 18.4 Å². The van der Waals surface area contributed by atoms with Gasteiger partial charge >= 0.3 is 0 Å². The van der Waals surface area contributed by atoms with Gasteiger partial charge in [-0.1, -0.05) is 23.7 Å². The van der Waals surface area contributed by atoms with Crippen molar-refractivity contribution in [3.05, 3.63) is 47.0 Å². The number of nitrogens with zero attached hydrogens (tertiary/aromatic N) is 2. The van der Waals surface area contributed by atoms with E-state index in [1.807, 2.05) is 6.07 Å². The van der Waals surface area contributed by atoms with E-state index in [0.717, 1.165) is 0 Å². The van der Waals surface area contributed by atoms with Crippen molar-refractivity contribution in [3.8, 4) is 11.8 Å². The molecule has 0 aromatic heterocycles. The summed E-state index contributed by atoms with van der Waals surface area (Å²) in [6.45, 7) is 0. The molecule has 0 saturated carbocycles. The number of methoxy groups -OCH3 is 1. The summed E-state index contributed by atoms with van der Waals surface area (Å²) >= 11 is 5.92. The number of nitrogens with one attached hydrogen (secondary N) is 2. The van der Waals surface area contributed by atoms with E-state index in [9.17, 15) is 8.42 Å². The van der Waals surface area contributed by atoms with E-state index in [4.69, 9.17) is 21.6 Å². The van der Waals surface area contributed by atoms with E-state index in [-0.39, 0.29) is 27.3 Å². The number of halogens is 1. The molecule has 24 heavy (non-hydrogen) atoms. The highest BCUT2D eigenvalue weighted by Gasteiger charge is 2.28. The van der Waals surface area contributed by atoms with E-state index in [1.54, 1.807) is 24.3 Å². The molecule has 1 aliphatic heterocycles. The van der Waals surface area contributed by atoms with E-state index < -0.39 is 10.0 Å². The third-order valence-corrected chi connectivity index (χ3v) is 4.80. The van der Waals surface area contributed by atoms with Crippen LogP contribution in [0.3, 0.4) is 0 Å². The molecule has 0 radical (unpaired) electrons. The van der Waals surface area contributed by atoms with Crippen LogP contribution < -0.4 is 15.4 Å². The van der Waals surface area contributed by atoms with Crippen molar-refractivity contribution < 1.29 is 13.2 Å². The summed E-state index contributed by atoms with van der Waals surface area (Å²) in [4.78, 5) is -0.0778. The molecule has 0 unspecified atom stereocenters. The summed E-state index contributed by atoms with van der Waals surface area (Å²) in [6, 6.07) is 11.5. The Kier molecular flexibility index (Phi) is 4.05. The average molecular weight is 363 g/mol. The van der Waals surface area contributed by atoms with Gasteiger partial charge in [-0.2, -0.15) is 13.7 Å². The zero-order valence-corrected chi connectivity index (χ0v) is 13.9. The third kappa shape index (κ3) is 2.87. The number of nitriles is 1. The second-order valence-electron chi connectivity index (χ2n) is 4.80. The average Bonchev–Trinajstić information content (AvgIpc) is 2.55. The molecule has 0 spiro atoms. The smallest absolute Gasteiger partial charge is 0.287 e. The fourth-order valence-electron chi connectivity index (χ4n) is 2.23. The molecule has 0 amide bonds. The Bertz CT molecular complexity index is 996. The third-order valence-electron chi connectivity index (χ3n) is 3.28. The molecule has 0 fully saturated rings. The van der Waals surface area contributed by atoms with Gasteiger partial charge in [0.2, 0.25) is 5.96 Å². The molecular weight excluding hydrogens is 352 g/mol. The lowest BCUT2D eigenvalue weighted by Crippen LogP contribution is -2.28. The number of anilines is 2. The molecule has 1 aliphatic rings. The predicted octanol–water partition coefficient (Wildman–Crippen LogP) is 2.80. The van der Waals surface area contributed by atoms with Crippen LogP contribution in [-0.2, 0) is 10.0 Å². The first kappa shape index (κ1) is 16.1. The van der Waals surface area contributed by atoms with Gasteiger partial charge in [-0.15, -0.1) is 4.40 Å². The first-order valence-electron chi connectivity index (χ1n) is 6.70. The first-order chi connectivity index (χ1) is 11.4. The molecule has 0 aliphatic carbocycles. The first-order valence-corrected chi connectivity index (χ1v) is 8.52. The number of fused-ring (bicyclic) bond motifs is 1. The lowest BCUT2D eigenvalue weighted by molar-refractivity contribution is 0.415. The van der Waals surface area contributed by atoms with Gasteiger partial charge in [-0.05, 0) is 18.2 Å². The number of ether oxygens (including phenoxy) is 1. The van der Waals surface area contributed by atoms with E-state index in [0.29, 0.717) is 11.3 Å². The molecule has 2 aromatic carbocycles. The Morgan fingerprint density at radius 3 is 2.79 bits per heavy atom. The van der Waals surface area contributed by atoms with Crippen molar-refractivity contribution in [2.75, 3.05) is 17.7 Å². The fraction of sp³-hybridized carbons (Fsp3) is 0.0667. The van der Waals surface area contributed by atoms with Gasteiger partial charge < -0.3 is 15.4 Å². The van der Waals surface area contributed by atoms with Crippen LogP contribution in [0.1, 0.15) is 5.56 Å². The second-order valence-corrected chi connectivity index (χ2v) is 6.81. The lowest BCUT2D eigenvalue weighted by Gasteiger charge is -2.21. The number of benzene rings is 2. The maximum Gasteiger partial charge on any atom is 0.287 e. The number of para-hydroxylation sites is 1. The summed E-state index contributed by atoms with van der Waals surface area (Å²) < 4.78 is 33.7. The zero-order chi connectivity index (χ0) is 17.3. The minimum atomic E-state index is -3.97. The number of guanidine groups is 1. The minimum absolute atomic E-state index is 0.0363. The Balaban J connectivity index is 2.06. The summed E-state index contributed by atoms with van der Waals surface area (Å²) in [5, 5.41) is 15.0. The standard InChI is InChI=1S/C15H11ClN4O3S/c1-23-12-6-10(16)7-13-14(12)19-15(20-24(13,21)22)18-11-5-3-2-4-9(11)8-17/h2-7H,1H3,(H2,18,19,20). The molecule has 7 nitrogen and oxygen atoms in total. The monoisotopic (exact) mass is 362 g/mol. The highest BCUT2D eigenvalue weighted by Crippen LogP contribution is 2.38. The maximum absolute atomic E-state index is 12.4. The Labute approximate surface area is 143 Å². The maximum atomic E-state index is 12.4. The number of hydrogen-bond donors (Lipinski definition) is 2. The number of hydrogen-bond acceptors (Lipinski definition) is 6. The Morgan fingerprint density at radius 1 is 1.33 bits per heavy atom. The topological polar surface area (TPSA) is 104 Å². The summed E-state index contributed by atoms with van der Waals surface area (Å²) in [5.74, 6) is 0.231. The molecular formula is C15H11ClN4O3S. The molecule has 122 valence electrons. The Morgan fingerprint density at radius 2 is 2.08 bits per heavy atom. The van der Waals surface area contributed by atoms with Gasteiger partial charge in [0.15, 0.2) is 0 Å². The second kappa shape index (κ2) is 6.03. The van der Waals surface area contributed by atoms with Crippen LogP contribution in [0.4, 0.5) is 11.4 Å². The van der Waals surface area contributed by atoms with Crippen LogP contribution in [0.25, 0.3) is 0 Å². The van der Waals surface area contributed by atoms with E-state index >= 15 is 0 Å². The van der Waals surface area contributed by atoms with Crippen molar-refractivity contribution in [2.45, 2.75) is 4.90 Å². The molecule has 0 saturated heterocycles. The molecule has 1 heterocycles. The fourth-order valence-corrected chi connectivity index (χ4v) is 3.62. The summed E-state index contributed by atoms with van der Waals surface area (Å²) in [6.07, 6.45) is 0. The SMILES string of the molecule is COc1cc(Cl)cc2c1NC(Nc1ccccc1C#N)=NS2(=O)=O. The minimum Gasteiger partial charge on any atom is -0.494 e. The van der Waals surface area contributed by atoms with E-state index in [2.05, 4.69) is 15.0 Å². The van der Waals surface area contributed by atoms with Gasteiger partial charge in [-0.3, -0.25) is 0 Å². The number of rotatable bonds is 2. The molecule has 9 heteroatoms. The molecule has 0 atom stereocenters. The van der Waals surface area contributed by atoms with E-state index in [1.165, 1.54) is 19.2 Å². The quantitative estimate of drug-likeness (QED) is 0.851. The predicted molar refractivity (Wildman–Crippen MR) is 91.0 cm³/mol. The van der Waals surface area contributed by atoms with Crippen LogP contribution in [0.2, 0.25) is 5.02 Å². The van der Waals surface area contributed by atoms with Crippen LogP contribution in [0, 0.1) is 11.3 Å². The number of sulfonamides is 1. The van der Waals surface area contributed by atoms with Gasteiger partial charge in [0, 0.05) is 11.1 Å². The van der Waals surface area contributed by atoms with Crippen LogP contribution >= 0.6 is 11.6 Å². The Hall–Kier alpha value is -2.76. The van der Waals surface area contributed by atoms with Gasteiger partial charge in [0.25, 0.3) is 10.0 Å². The highest BCUT2D eigenvalue weighted by atomic mass is 35.5. The summed E-state index contributed by atoms with van der Waals surface area (Å²) in [7, 11) is -2.56. The van der Waals surface area contributed by atoms with Crippen LogP contribution in [-0.4, -0.2) is 21.5 Å². The van der Waals surface area contributed by atoms with Crippen molar-refractivity contribution in [1.82, 2.24) is 0 Å². The van der Waals surface area contributed by atoms with Gasteiger partial charge in [0.1, 0.15) is 22.4 Å².